The largest absolute Gasteiger partial charge is 0.352 e. The molecule has 264 valence electrons. The van der Waals surface area contributed by atoms with E-state index in [0.717, 1.165) is 53.1 Å². The fraction of sp³-hybridized carbons (Fsp3) is 0.350. The Balaban J connectivity index is 1.60. The maximum atomic E-state index is 14.8. The Bertz CT molecular complexity index is 1840. The van der Waals surface area contributed by atoms with Crippen molar-refractivity contribution < 1.29 is 18.0 Å². The zero-order valence-corrected chi connectivity index (χ0v) is 31.1. The quantitative estimate of drug-likeness (QED) is 0.149. The van der Waals surface area contributed by atoms with Crippen LogP contribution < -0.4 is 9.62 Å². The molecule has 5 rings (SSSR count). The average Bonchev–Trinajstić information content (AvgIpc) is 3.10. The number of benzene rings is 4. The standard InChI is InChI=1S/C40H45Cl2N3O4S/c1-28(2)31-19-21-33(22-20-31)45(50(48,49)34-23-17-29(3)18-24-34)27-39(46)44(26-35-36(41)15-10-16-37(35)42)38(25-30-11-6-4-7-12-30)40(47)43-32-13-8-5-9-14-32/h4,6-7,10-12,15-24,28,32,38H,5,8-9,13-14,25-27H2,1-3H3,(H,43,47)/t38-/m1/s1. The second-order valence-electron chi connectivity index (χ2n) is 13.3. The van der Waals surface area contributed by atoms with Crippen molar-refractivity contribution in [2.24, 2.45) is 0 Å². The first-order valence-electron chi connectivity index (χ1n) is 17.2. The lowest BCUT2D eigenvalue weighted by atomic mass is 9.94. The van der Waals surface area contributed by atoms with Crippen molar-refractivity contribution in [3.63, 3.8) is 0 Å². The number of sulfonamides is 1. The Morgan fingerprint density at radius 1 is 0.820 bits per heavy atom. The molecule has 0 spiro atoms. The highest BCUT2D eigenvalue weighted by atomic mass is 35.5. The van der Waals surface area contributed by atoms with Gasteiger partial charge in [0.2, 0.25) is 11.8 Å². The van der Waals surface area contributed by atoms with Gasteiger partial charge in [-0.25, -0.2) is 8.42 Å². The van der Waals surface area contributed by atoms with E-state index < -0.39 is 28.5 Å². The number of rotatable bonds is 13. The van der Waals surface area contributed by atoms with Crippen molar-refractivity contribution in [1.29, 1.82) is 0 Å². The fourth-order valence-corrected chi connectivity index (χ4v) is 8.27. The molecule has 0 unspecified atom stereocenters. The van der Waals surface area contributed by atoms with E-state index in [1.54, 1.807) is 54.6 Å². The van der Waals surface area contributed by atoms with Gasteiger partial charge in [-0.05, 0) is 73.2 Å². The van der Waals surface area contributed by atoms with E-state index in [0.29, 0.717) is 21.3 Å². The molecule has 7 nitrogen and oxygen atoms in total. The maximum Gasteiger partial charge on any atom is 0.264 e. The first-order valence-corrected chi connectivity index (χ1v) is 19.4. The van der Waals surface area contributed by atoms with Crippen LogP contribution in [0.1, 0.15) is 74.1 Å². The fourth-order valence-electron chi connectivity index (χ4n) is 6.34. The Labute approximate surface area is 306 Å². The van der Waals surface area contributed by atoms with Crippen LogP contribution in [0.3, 0.4) is 0 Å². The number of hydrogen-bond donors (Lipinski definition) is 1. The van der Waals surface area contributed by atoms with Gasteiger partial charge in [0.25, 0.3) is 10.0 Å². The normalized spacial score (nSPS) is 14.3. The lowest BCUT2D eigenvalue weighted by Gasteiger charge is -2.35. The lowest BCUT2D eigenvalue weighted by molar-refractivity contribution is -0.140. The Morgan fingerprint density at radius 2 is 1.44 bits per heavy atom. The number of carbonyl (C=O) groups is 2. The summed E-state index contributed by atoms with van der Waals surface area (Å²) >= 11 is 13.3. The van der Waals surface area contributed by atoms with Gasteiger partial charge in [-0.2, -0.15) is 0 Å². The van der Waals surface area contributed by atoms with E-state index in [1.807, 2.05) is 49.4 Å². The van der Waals surface area contributed by atoms with Gasteiger partial charge >= 0.3 is 0 Å². The lowest BCUT2D eigenvalue weighted by Crippen LogP contribution is -2.55. The van der Waals surface area contributed by atoms with E-state index in [-0.39, 0.29) is 35.7 Å². The molecular weight excluding hydrogens is 689 g/mol. The van der Waals surface area contributed by atoms with Crippen molar-refractivity contribution in [3.8, 4) is 0 Å². The average molecular weight is 735 g/mol. The summed E-state index contributed by atoms with van der Waals surface area (Å²) in [5, 5.41) is 3.91. The van der Waals surface area contributed by atoms with Gasteiger partial charge < -0.3 is 10.2 Å². The van der Waals surface area contributed by atoms with Crippen LogP contribution in [0.5, 0.6) is 0 Å². The molecule has 0 bridgehead atoms. The predicted molar refractivity (Wildman–Crippen MR) is 202 cm³/mol. The van der Waals surface area contributed by atoms with Gasteiger partial charge in [0, 0.05) is 34.6 Å². The van der Waals surface area contributed by atoms with Gasteiger partial charge in [0.15, 0.2) is 0 Å². The molecule has 2 amide bonds. The van der Waals surface area contributed by atoms with E-state index in [2.05, 4.69) is 19.2 Å². The highest BCUT2D eigenvalue weighted by Gasteiger charge is 2.36. The molecule has 4 aromatic rings. The molecule has 0 aliphatic heterocycles. The Kier molecular flexibility index (Phi) is 12.6. The van der Waals surface area contributed by atoms with E-state index >= 15 is 0 Å². The van der Waals surface area contributed by atoms with Crippen LogP contribution in [0.4, 0.5) is 5.69 Å². The molecule has 0 saturated heterocycles. The predicted octanol–water partition coefficient (Wildman–Crippen LogP) is 8.71. The summed E-state index contributed by atoms with van der Waals surface area (Å²) in [6, 6.07) is 27.3. The third-order valence-electron chi connectivity index (χ3n) is 9.35. The van der Waals surface area contributed by atoms with Crippen molar-refractivity contribution in [3.05, 3.63) is 129 Å². The van der Waals surface area contributed by atoms with Crippen LogP contribution in [-0.4, -0.2) is 43.8 Å². The monoisotopic (exact) mass is 733 g/mol. The van der Waals surface area contributed by atoms with E-state index in [4.69, 9.17) is 23.2 Å². The highest BCUT2D eigenvalue weighted by Crippen LogP contribution is 2.30. The highest BCUT2D eigenvalue weighted by molar-refractivity contribution is 7.92. The third-order valence-corrected chi connectivity index (χ3v) is 11.8. The second-order valence-corrected chi connectivity index (χ2v) is 16.0. The molecule has 0 heterocycles. The number of halogens is 2. The number of nitrogens with zero attached hydrogens (tertiary/aromatic N) is 2. The first-order chi connectivity index (χ1) is 23.9. The van der Waals surface area contributed by atoms with Crippen LogP contribution in [-0.2, 0) is 32.6 Å². The number of amides is 2. The minimum atomic E-state index is -4.22. The number of aryl methyl sites for hydroxylation is 1. The molecule has 1 fully saturated rings. The Morgan fingerprint density at radius 3 is 2.04 bits per heavy atom. The maximum absolute atomic E-state index is 14.8. The zero-order valence-electron chi connectivity index (χ0n) is 28.8. The van der Waals surface area contributed by atoms with E-state index in [9.17, 15) is 18.0 Å². The summed E-state index contributed by atoms with van der Waals surface area (Å²) in [7, 11) is -4.22. The molecule has 1 aliphatic rings. The van der Waals surface area contributed by atoms with Gasteiger partial charge in [0.05, 0.1) is 10.6 Å². The van der Waals surface area contributed by atoms with Crippen LogP contribution in [0, 0.1) is 6.92 Å². The molecule has 1 aliphatic carbocycles. The third kappa shape index (κ3) is 9.27. The van der Waals surface area contributed by atoms with Crippen LogP contribution in [0.2, 0.25) is 10.0 Å². The van der Waals surface area contributed by atoms with E-state index in [1.165, 1.54) is 4.90 Å². The minimum Gasteiger partial charge on any atom is -0.352 e. The molecule has 0 aromatic heterocycles. The number of carbonyl (C=O) groups excluding carboxylic acids is 2. The summed E-state index contributed by atoms with van der Waals surface area (Å²) in [5.41, 5.74) is 3.61. The van der Waals surface area contributed by atoms with Gasteiger partial charge in [-0.3, -0.25) is 13.9 Å². The van der Waals surface area contributed by atoms with Crippen molar-refractivity contribution in [2.75, 3.05) is 10.8 Å². The van der Waals surface area contributed by atoms with Gasteiger partial charge in [0.1, 0.15) is 12.6 Å². The molecule has 50 heavy (non-hydrogen) atoms. The summed E-state index contributed by atoms with van der Waals surface area (Å²) < 4.78 is 29.9. The number of hydrogen-bond acceptors (Lipinski definition) is 4. The molecule has 10 heteroatoms. The molecule has 1 saturated carbocycles. The molecular formula is C40H45Cl2N3O4S. The molecule has 1 atom stereocenters. The molecule has 0 radical (unpaired) electrons. The zero-order chi connectivity index (χ0) is 35.8. The first kappa shape index (κ1) is 37.4. The van der Waals surface area contributed by atoms with Gasteiger partial charge in [-0.1, -0.05) is 123 Å². The minimum absolute atomic E-state index is 0.00624. The smallest absolute Gasteiger partial charge is 0.264 e. The number of nitrogens with one attached hydrogen (secondary N) is 1. The van der Waals surface area contributed by atoms with Crippen molar-refractivity contribution in [2.45, 2.75) is 88.7 Å². The van der Waals surface area contributed by atoms with Crippen molar-refractivity contribution >= 4 is 50.7 Å². The summed E-state index contributed by atoms with van der Waals surface area (Å²) in [6.45, 7) is 5.34. The van der Waals surface area contributed by atoms with Crippen LogP contribution >= 0.6 is 23.2 Å². The molecule has 1 N–H and O–H groups in total. The SMILES string of the molecule is Cc1ccc(S(=O)(=O)N(CC(=O)N(Cc2c(Cl)cccc2Cl)[C@H](Cc2ccccc2)C(=O)NC2CCCCC2)c2ccc(C(C)C)cc2)cc1. The molecule has 4 aromatic carbocycles. The summed E-state index contributed by atoms with van der Waals surface area (Å²) in [6.07, 6.45) is 5.10. The Hall–Kier alpha value is -3.85. The van der Waals surface area contributed by atoms with Crippen molar-refractivity contribution in [1.82, 2.24) is 10.2 Å². The van der Waals surface area contributed by atoms with Crippen LogP contribution in [0.25, 0.3) is 0 Å². The number of anilines is 1. The second kappa shape index (κ2) is 16.9. The summed E-state index contributed by atoms with van der Waals surface area (Å²) in [5.74, 6) is -0.638. The summed E-state index contributed by atoms with van der Waals surface area (Å²) in [4.78, 5) is 30.7. The topological polar surface area (TPSA) is 86.8 Å². The van der Waals surface area contributed by atoms with Gasteiger partial charge in [-0.15, -0.1) is 0 Å². The van der Waals surface area contributed by atoms with Crippen LogP contribution in [0.15, 0.2) is 102 Å².